The lowest BCUT2D eigenvalue weighted by Gasteiger charge is -2.05. The van der Waals surface area contributed by atoms with Gasteiger partial charge in [0.15, 0.2) is 5.13 Å². The number of benzene rings is 1. The number of hydrogen-bond acceptors (Lipinski definition) is 8. The number of carbonyl (C=O) groups is 3. The van der Waals surface area contributed by atoms with Gasteiger partial charge in [0.25, 0.3) is 0 Å². The predicted octanol–water partition coefficient (Wildman–Crippen LogP) is 5.45. The van der Waals surface area contributed by atoms with Crippen molar-refractivity contribution in [1.29, 1.82) is 0 Å². The summed E-state index contributed by atoms with van der Waals surface area (Å²) >= 11 is 1.08. The largest absolute Gasteiger partial charge is 0.458 e. The standard InChI is InChI=1S/C26H28N2O6S/c1-18(2)12-14-32-23(29)11-10-21(24(30)33-15-13-19(3)4)22-17-35-25(27-22)28-26(31)34-16-20-8-6-5-7-9-20/h5-9,11-13,17H,14-16H2,1-4H3,(H,27,28,31). The summed E-state index contributed by atoms with van der Waals surface area (Å²) in [5.41, 5.74) is 5.56. The van der Waals surface area contributed by atoms with E-state index in [1.165, 1.54) is 0 Å². The number of allylic oxidation sites excluding steroid dienone is 2. The third-order valence-electron chi connectivity index (χ3n) is 4.14. The highest BCUT2D eigenvalue weighted by atomic mass is 32.1. The van der Waals surface area contributed by atoms with Crippen LogP contribution in [0.25, 0.3) is 5.57 Å². The molecule has 0 radical (unpaired) electrons. The summed E-state index contributed by atoms with van der Waals surface area (Å²) in [5, 5.41) is 4.27. The zero-order valence-electron chi connectivity index (χ0n) is 20.1. The first-order valence-corrected chi connectivity index (χ1v) is 11.6. The molecule has 35 heavy (non-hydrogen) atoms. The summed E-state index contributed by atoms with van der Waals surface area (Å²) in [5.74, 6) is -1.39. The molecule has 0 aliphatic rings. The Balaban J connectivity index is 2.13. The zero-order chi connectivity index (χ0) is 25.6. The number of esters is 2. The van der Waals surface area contributed by atoms with E-state index in [0.29, 0.717) is 0 Å². The van der Waals surface area contributed by atoms with Gasteiger partial charge >= 0.3 is 18.0 Å². The highest BCUT2D eigenvalue weighted by Crippen LogP contribution is 2.22. The van der Waals surface area contributed by atoms with Crippen molar-refractivity contribution < 1.29 is 28.6 Å². The van der Waals surface area contributed by atoms with Gasteiger partial charge in [-0.3, -0.25) is 5.32 Å². The van der Waals surface area contributed by atoms with Gasteiger partial charge in [0.2, 0.25) is 0 Å². The molecule has 0 bridgehead atoms. The summed E-state index contributed by atoms with van der Waals surface area (Å²) < 4.78 is 15.5. The molecule has 1 N–H and O–H groups in total. The van der Waals surface area contributed by atoms with Crippen molar-refractivity contribution >= 4 is 40.1 Å². The van der Waals surface area contributed by atoms with Crippen LogP contribution in [0.3, 0.4) is 0 Å². The first-order chi connectivity index (χ1) is 16.7. The molecule has 0 aliphatic heterocycles. The maximum Gasteiger partial charge on any atom is 0.413 e. The lowest BCUT2D eigenvalue weighted by Crippen LogP contribution is -2.13. The number of anilines is 1. The minimum absolute atomic E-state index is 0.0540. The SMILES string of the molecule is CC(C)=CCOC(=O)C=C=C(C(=O)OCC=C(C)C)c1csc(NC(=O)OCc2ccccc2)n1. The number of rotatable bonds is 10. The highest BCUT2D eigenvalue weighted by molar-refractivity contribution is 7.14. The minimum atomic E-state index is -0.723. The van der Waals surface area contributed by atoms with E-state index in [9.17, 15) is 14.4 Å². The van der Waals surface area contributed by atoms with Gasteiger partial charge in [0.1, 0.15) is 25.4 Å². The number of thiazole rings is 1. The van der Waals surface area contributed by atoms with Crippen LogP contribution in [0.15, 0.2) is 70.8 Å². The molecule has 2 rings (SSSR count). The Labute approximate surface area is 208 Å². The van der Waals surface area contributed by atoms with Gasteiger partial charge in [-0.1, -0.05) is 47.2 Å². The quantitative estimate of drug-likeness (QED) is 0.153. The minimum Gasteiger partial charge on any atom is -0.458 e. The number of carbonyl (C=O) groups excluding carboxylic acids is 3. The molecule has 0 unspecified atom stereocenters. The molecular weight excluding hydrogens is 468 g/mol. The van der Waals surface area contributed by atoms with E-state index in [4.69, 9.17) is 14.2 Å². The molecule has 2 aromatic rings. The second kappa shape index (κ2) is 14.3. The lowest BCUT2D eigenvalue weighted by molar-refractivity contribution is -0.136. The summed E-state index contributed by atoms with van der Waals surface area (Å²) in [7, 11) is 0. The van der Waals surface area contributed by atoms with Crippen molar-refractivity contribution in [3.05, 3.63) is 82.1 Å². The van der Waals surface area contributed by atoms with Crippen LogP contribution < -0.4 is 5.32 Å². The average Bonchev–Trinajstić information content (AvgIpc) is 3.26. The molecule has 0 spiro atoms. The first kappa shape index (κ1) is 27.3. The Hall–Kier alpha value is -3.94. The van der Waals surface area contributed by atoms with E-state index < -0.39 is 18.0 Å². The van der Waals surface area contributed by atoms with Crippen LogP contribution in [0.2, 0.25) is 0 Å². The van der Waals surface area contributed by atoms with Gasteiger partial charge in [0, 0.05) is 5.38 Å². The van der Waals surface area contributed by atoms with Crippen LogP contribution >= 0.6 is 11.3 Å². The zero-order valence-corrected chi connectivity index (χ0v) is 20.9. The lowest BCUT2D eigenvalue weighted by atomic mass is 10.2. The van der Waals surface area contributed by atoms with Crippen molar-refractivity contribution in [3.63, 3.8) is 0 Å². The molecule has 1 amide bonds. The molecule has 0 atom stereocenters. The molecule has 9 heteroatoms. The predicted molar refractivity (Wildman–Crippen MR) is 135 cm³/mol. The molecule has 0 saturated heterocycles. The van der Waals surface area contributed by atoms with Gasteiger partial charge < -0.3 is 14.2 Å². The van der Waals surface area contributed by atoms with E-state index in [2.05, 4.69) is 16.0 Å². The first-order valence-electron chi connectivity index (χ1n) is 10.8. The van der Waals surface area contributed by atoms with Crippen LogP contribution in [0.1, 0.15) is 39.0 Å². The number of hydrogen-bond donors (Lipinski definition) is 1. The summed E-state index contributed by atoms with van der Waals surface area (Å²) in [6.45, 7) is 7.79. The third kappa shape index (κ3) is 10.7. The normalized spacial score (nSPS) is 9.71. The Morgan fingerprint density at radius 2 is 1.63 bits per heavy atom. The topological polar surface area (TPSA) is 104 Å². The molecule has 1 heterocycles. The van der Waals surface area contributed by atoms with Gasteiger partial charge in [-0.25, -0.2) is 19.4 Å². The Morgan fingerprint density at radius 3 is 2.29 bits per heavy atom. The van der Waals surface area contributed by atoms with Crippen molar-refractivity contribution in [1.82, 2.24) is 4.98 Å². The molecule has 0 fully saturated rings. The van der Waals surface area contributed by atoms with E-state index in [-0.39, 0.29) is 36.2 Å². The Morgan fingerprint density at radius 1 is 0.971 bits per heavy atom. The number of nitrogens with one attached hydrogen (secondary N) is 1. The van der Waals surface area contributed by atoms with Gasteiger partial charge in [0.05, 0.1) is 11.8 Å². The number of nitrogens with zero attached hydrogens (tertiary/aromatic N) is 1. The van der Waals surface area contributed by atoms with E-state index in [1.54, 1.807) is 17.5 Å². The van der Waals surface area contributed by atoms with Crippen LogP contribution in [0.5, 0.6) is 0 Å². The van der Waals surface area contributed by atoms with Crippen LogP contribution in [0, 0.1) is 0 Å². The van der Waals surface area contributed by atoms with Crippen molar-refractivity contribution in [2.24, 2.45) is 0 Å². The summed E-state index contributed by atoms with van der Waals surface area (Å²) in [4.78, 5) is 41.0. The molecule has 8 nitrogen and oxygen atoms in total. The molecule has 1 aromatic carbocycles. The molecule has 184 valence electrons. The molecular formula is C26H28N2O6S. The second-order valence-corrected chi connectivity index (χ2v) is 8.54. The van der Waals surface area contributed by atoms with E-state index in [0.717, 1.165) is 34.1 Å². The van der Waals surface area contributed by atoms with Gasteiger partial charge in [-0.15, -0.1) is 11.3 Å². The maximum atomic E-state index is 12.7. The van der Waals surface area contributed by atoms with Gasteiger partial charge in [-0.05, 0) is 45.4 Å². The number of amides is 1. The number of ether oxygens (including phenoxy) is 3. The van der Waals surface area contributed by atoms with E-state index in [1.807, 2.05) is 58.0 Å². The smallest absolute Gasteiger partial charge is 0.413 e. The summed E-state index contributed by atoms with van der Waals surface area (Å²) in [6, 6.07) is 9.24. The van der Waals surface area contributed by atoms with Crippen molar-refractivity contribution in [2.45, 2.75) is 34.3 Å². The average molecular weight is 497 g/mol. The number of aromatic nitrogens is 1. The Bertz CT molecular complexity index is 1150. The highest BCUT2D eigenvalue weighted by Gasteiger charge is 2.18. The second-order valence-electron chi connectivity index (χ2n) is 7.68. The van der Waals surface area contributed by atoms with Crippen molar-refractivity contribution in [3.8, 4) is 0 Å². The van der Waals surface area contributed by atoms with Crippen molar-refractivity contribution in [2.75, 3.05) is 18.5 Å². The monoisotopic (exact) mass is 496 g/mol. The summed E-state index contributed by atoms with van der Waals surface area (Å²) in [6.07, 6.45) is 3.81. The fraction of sp³-hybridized carbons (Fsp3) is 0.269. The molecule has 0 aliphatic carbocycles. The van der Waals surface area contributed by atoms with Crippen LogP contribution in [-0.2, 0) is 30.4 Å². The fourth-order valence-electron chi connectivity index (χ4n) is 2.35. The Kier molecular flexibility index (Phi) is 11.2. The van der Waals surface area contributed by atoms with Gasteiger partial charge in [-0.2, -0.15) is 0 Å². The fourth-order valence-corrected chi connectivity index (χ4v) is 3.04. The third-order valence-corrected chi connectivity index (χ3v) is 4.90. The van der Waals surface area contributed by atoms with Crippen LogP contribution in [-0.4, -0.2) is 36.2 Å². The van der Waals surface area contributed by atoms with Crippen LogP contribution in [0.4, 0.5) is 9.93 Å². The molecule has 0 saturated carbocycles. The maximum absolute atomic E-state index is 12.7. The van der Waals surface area contributed by atoms with E-state index >= 15 is 0 Å². The molecule has 1 aromatic heterocycles.